The van der Waals surface area contributed by atoms with Crippen molar-refractivity contribution in [1.82, 2.24) is 20.2 Å². The molecular formula is C13H16ClN5. The highest BCUT2D eigenvalue weighted by Gasteiger charge is 2.42. The van der Waals surface area contributed by atoms with E-state index in [2.05, 4.69) is 22.4 Å². The smallest absolute Gasteiger partial charge is 0.185 e. The van der Waals surface area contributed by atoms with Gasteiger partial charge in [-0.1, -0.05) is 24.6 Å². The molecule has 0 radical (unpaired) electrons. The number of benzene rings is 1. The summed E-state index contributed by atoms with van der Waals surface area (Å²) in [5, 5.41) is 12.5. The summed E-state index contributed by atoms with van der Waals surface area (Å²) in [5.74, 6) is 0.655. The maximum atomic E-state index is 6.22. The van der Waals surface area contributed by atoms with Gasteiger partial charge in [0.25, 0.3) is 0 Å². The van der Waals surface area contributed by atoms with Crippen molar-refractivity contribution >= 4 is 17.3 Å². The molecule has 100 valence electrons. The molecule has 1 aromatic carbocycles. The zero-order valence-corrected chi connectivity index (χ0v) is 11.6. The van der Waals surface area contributed by atoms with Crippen molar-refractivity contribution in [3.8, 4) is 11.4 Å². The third-order valence-electron chi connectivity index (χ3n) is 3.99. The zero-order valence-electron chi connectivity index (χ0n) is 10.8. The first-order valence-corrected chi connectivity index (χ1v) is 6.83. The van der Waals surface area contributed by atoms with Gasteiger partial charge in [-0.25, -0.2) is 4.68 Å². The summed E-state index contributed by atoms with van der Waals surface area (Å²) in [4.78, 5) is 0. The minimum absolute atomic E-state index is 0.361. The second-order valence-electron chi connectivity index (χ2n) is 5.22. The van der Waals surface area contributed by atoms with Crippen molar-refractivity contribution in [2.24, 2.45) is 5.41 Å². The van der Waals surface area contributed by atoms with E-state index in [-0.39, 0.29) is 0 Å². The van der Waals surface area contributed by atoms with Gasteiger partial charge in [0, 0.05) is 5.69 Å². The molecule has 1 aliphatic carbocycles. The maximum absolute atomic E-state index is 6.22. The molecule has 0 saturated heterocycles. The molecule has 0 aliphatic heterocycles. The molecule has 1 saturated carbocycles. The SMILES string of the molecule is CCC1(Cn2nnnc2-c2c(N)cccc2Cl)CC1. The van der Waals surface area contributed by atoms with E-state index in [0.29, 0.717) is 21.9 Å². The predicted molar refractivity (Wildman–Crippen MR) is 74.6 cm³/mol. The van der Waals surface area contributed by atoms with Crippen molar-refractivity contribution < 1.29 is 0 Å². The van der Waals surface area contributed by atoms with E-state index in [1.807, 2.05) is 16.8 Å². The van der Waals surface area contributed by atoms with Crippen LogP contribution in [0.3, 0.4) is 0 Å². The number of anilines is 1. The van der Waals surface area contributed by atoms with Crippen LogP contribution in [0, 0.1) is 5.41 Å². The largest absolute Gasteiger partial charge is 0.398 e. The normalized spacial score (nSPS) is 16.5. The molecule has 1 aromatic heterocycles. The monoisotopic (exact) mass is 277 g/mol. The number of halogens is 1. The van der Waals surface area contributed by atoms with Crippen LogP contribution < -0.4 is 5.73 Å². The summed E-state index contributed by atoms with van der Waals surface area (Å²) in [6.07, 6.45) is 3.62. The number of nitrogens with zero attached hydrogens (tertiary/aromatic N) is 4. The van der Waals surface area contributed by atoms with Crippen molar-refractivity contribution in [2.75, 3.05) is 5.73 Å². The summed E-state index contributed by atoms with van der Waals surface area (Å²) in [6, 6.07) is 5.44. The average molecular weight is 278 g/mol. The third-order valence-corrected chi connectivity index (χ3v) is 4.31. The van der Waals surface area contributed by atoms with Crippen molar-refractivity contribution in [1.29, 1.82) is 0 Å². The molecule has 6 heteroatoms. The lowest BCUT2D eigenvalue weighted by Gasteiger charge is -2.14. The van der Waals surface area contributed by atoms with Crippen molar-refractivity contribution in [2.45, 2.75) is 32.7 Å². The lowest BCUT2D eigenvalue weighted by molar-refractivity contribution is 0.382. The molecule has 2 aromatic rings. The molecule has 19 heavy (non-hydrogen) atoms. The minimum Gasteiger partial charge on any atom is -0.398 e. The second kappa shape index (κ2) is 4.49. The summed E-state index contributed by atoms with van der Waals surface area (Å²) >= 11 is 6.22. The van der Waals surface area contributed by atoms with Crippen LogP contribution >= 0.6 is 11.6 Å². The fraction of sp³-hybridized carbons (Fsp3) is 0.462. The number of nitrogens with two attached hydrogens (primary N) is 1. The second-order valence-corrected chi connectivity index (χ2v) is 5.62. The lowest BCUT2D eigenvalue weighted by atomic mass is 10.0. The minimum atomic E-state index is 0.361. The van der Waals surface area contributed by atoms with Gasteiger partial charge in [-0.15, -0.1) is 5.10 Å². The van der Waals surface area contributed by atoms with E-state index >= 15 is 0 Å². The van der Waals surface area contributed by atoms with Gasteiger partial charge < -0.3 is 5.73 Å². The Bertz CT molecular complexity index is 583. The molecule has 2 N–H and O–H groups in total. The lowest BCUT2D eigenvalue weighted by Crippen LogP contribution is -2.14. The van der Waals surface area contributed by atoms with Crippen LogP contribution in [-0.2, 0) is 6.54 Å². The van der Waals surface area contributed by atoms with Gasteiger partial charge in [-0.3, -0.25) is 0 Å². The Kier molecular flexibility index (Phi) is 2.93. The Hall–Kier alpha value is -1.62. The van der Waals surface area contributed by atoms with Crippen LogP contribution in [0.15, 0.2) is 18.2 Å². The molecule has 3 rings (SSSR count). The number of aromatic nitrogens is 4. The molecule has 5 nitrogen and oxygen atoms in total. The predicted octanol–water partition coefficient (Wildman–Crippen LogP) is 2.77. The summed E-state index contributed by atoms with van der Waals surface area (Å²) in [6.45, 7) is 3.04. The number of hydrogen-bond donors (Lipinski definition) is 1. The van der Waals surface area contributed by atoms with E-state index in [9.17, 15) is 0 Å². The summed E-state index contributed by atoms with van der Waals surface area (Å²) < 4.78 is 1.83. The number of hydrogen-bond acceptors (Lipinski definition) is 4. The van der Waals surface area contributed by atoms with Crippen LogP contribution in [0.2, 0.25) is 5.02 Å². The standard InChI is InChI=1S/C13H16ClN5/c1-2-13(6-7-13)8-19-12(16-17-18-19)11-9(14)4-3-5-10(11)15/h3-5H,2,6-8,15H2,1H3. The fourth-order valence-corrected chi connectivity index (χ4v) is 2.65. The van der Waals surface area contributed by atoms with Crippen molar-refractivity contribution in [3.05, 3.63) is 23.2 Å². The highest BCUT2D eigenvalue weighted by atomic mass is 35.5. The Labute approximate surface area is 116 Å². The molecule has 0 spiro atoms. The molecule has 0 unspecified atom stereocenters. The highest BCUT2D eigenvalue weighted by molar-refractivity contribution is 6.33. The first-order valence-electron chi connectivity index (χ1n) is 6.46. The van der Waals surface area contributed by atoms with Crippen LogP contribution in [0.25, 0.3) is 11.4 Å². The van der Waals surface area contributed by atoms with Crippen LogP contribution in [0.5, 0.6) is 0 Å². The molecule has 1 aliphatic rings. The number of rotatable bonds is 4. The first-order chi connectivity index (χ1) is 9.15. The molecule has 0 amide bonds. The van der Waals surface area contributed by atoms with Gasteiger partial charge >= 0.3 is 0 Å². The maximum Gasteiger partial charge on any atom is 0.185 e. The summed E-state index contributed by atoms with van der Waals surface area (Å²) in [7, 11) is 0. The zero-order chi connectivity index (χ0) is 13.5. The summed E-state index contributed by atoms with van der Waals surface area (Å²) in [5.41, 5.74) is 7.69. The topological polar surface area (TPSA) is 69.6 Å². The Balaban J connectivity index is 2.00. The van der Waals surface area contributed by atoms with E-state index in [1.54, 1.807) is 6.07 Å². The van der Waals surface area contributed by atoms with E-state index in [1.165, 1.54) is 12.8 Å². The molecule has 0 atom stereocenters. The van der Waals surface area contributed by atoms with E-state index in [4.69, 9.17) is 17.3 Å². The Morgan fingerprint density at radius 3 is 2.84 bits per heavy atom. The molecule has 1 heterocycles. The Morgan fingerprint density at radius 1 is 1.42 bits per heavy atom. The van der Waals surface area contributed by atoms with Gasteiger partial charge in [0.05, 0.1) is 17.1 Å². The van der Waals surface area contributed by atoms with Crippen LogP contribution in [0.1, 0.15) is 26.2 Å². The van der Waals surface area contributed by atoms with Gasteiger partial charge in [0.15, 0.2) is 5.82 Å². The van der Waals surface area contributed by atoms with Crippen LogP contribution in [-0.4, -0.2) is 20.2 Å². The molecule has 0 bridgehead atoms. The quantitative estimate of drug-likeness (QED) is 0.873. The average Bonchev–Trinajstić information content (AvgIpc) is 3.02. The Morgan fingerprint density at radius 2 is 2.21 bits per heavy atom. The van der Waals surface area contributed by atoms with Gasteiger partial charge in [-0.05, 0) is 47.2 Å². The van der Waals surface area contributed by atoms with E-state index in [0.717, 1.165) is 18.5 Å². The molecule has 1 fully saturated rings. The fourth-order valence-electron chi connectivity index (χ4n) is 2.38. The van der Waals surface area contributed by atoms with Crippen molar-refractivity contribution in [3.63, 3.8) is 0 Å². The third kappa shape index (κ3) is 2.18. The van der Waals surface area contributed by atoms with E-state index < -0.39 is 0 Å². The van der Waals surface area contributed by atoms with Gasteiger partial charge in [0.1, 0.15) is 0 Å². The number of nitrogen functional groups attached to an aromatic ring is 1. The first kappa shape index (κ1) is 12.4. The number of tetrazole rings is 1. The van der Waals surface area contributed by atoms with Crippen LogP contribution in [0.4, 0.5) is 5.69 Å². The van der Waals surface area contributed by atoms with Gasteiger partial charge in [0.2, 0.25) is 0 Å². The van der Waals surface area contributed by atoms with Gasteiger partial charge in [-0.2, -0.15) is 0 Å². The molecular weight excluding hydrogens is 262 g/mol. The highest BCUT2D eigenvalue weighted by Crippen LogP contribution is 2.50.